The Hall–Kier alpha value is -1.22. The Morgan fingerprint density at radius 3 is 1.91 bits per heavy atom. The summed E-state index contributed by atoms with van der Waals surface area (Å²) in [7, 11) is 0. The first-order valence-corrected chi connectivity index (χ1v) is 3.21. The summed E-state index contributed by atoms with van der Waals surface area (Å²) in [5, 5.41) is 8.39. The molecule has 0 aromatic carbocycles. The molecule has 1 saturated carbocycles. The molecule has 0 aliphatic heterocycles. The molecule has 0 amide bonds. The number of carboxylic acids is 1. The van der Waals surface area contributed by atoms with Gasteiger partial charge in [-0.25, -0.2) is 0 Å². The van der Waals surface area contributed by atoms with Crippen molar-refractivity contribution in [3.63, 3.8) is 0 Å². The molecular weight excluding hydrogens is 146 g/mol. The maximum atomic E-state index is 10.2. The van der Waals surface area contributed by atoms with E-state index < -0.39 is 5.97 Å². The molecule has 0 heterocycles. The molecule has 1 aliphatic rings. The van der Waals surface area contributed by atoms with E-state index in [4.69, 9.17) is 16.2 Å². The minimum Gasteiger partial charge on any atom is -0.481 e. The van der Waals surface area contributed by atoms with Gasteiger partial charge in [-0.3, -0.25) is 4.79 Å². The van der Waals surface area contributed by atoms with Gasteiger partial charge >= 0.3 is 5.97 Å². The second kappa shape index (κ2) is 3.25. The SMILES string of the molecule is CC1(C)CC1C(=O)O.N=[N+]=N. The molecule has 5 nitrogen and oxygen atoms in total. The molecule has 0 radical (unpaired) electrons. The fraction of sp³-hybridized carbons (Fsp3) is 0.833. The predicted molar refractivity (Wildman–Crippen MR) is 37.1 cm³/mol. The Morgan fingerprint density at radius 1 is 1.64 bits per heavy atom. The van der Waals surface area contributed by atoms with Gasteiger partial charge in [0.2, 0.25) is 4.91 Å². The molecule has 62 valence electrons. The molecule has 11 heavy (non-hydrogen) atoms. The molecule has 1 fully saturated rings. The van der Waals surface area contributed by atoms with Crippen LogP contribution >= 0.6 is 0 Å². The van der Waals surface area contributed by atoms with Crippen molar-refractivity contribution in [2.45, 2.75) is 20.3 Å². The van der Waals surface area contributed by atoms with Crippen LogP contribution in [0.4, 0.5) is 0 Å². The number of carboxylic acid groups (broad SMARTS) is 1. The zero-order chi connectivity index (χ0) is 9.07. The van der Waals surface area contributed by atoms with E-state index in [0.717, 1.165) is 6.42 Å². The van der Waals surface area contributed by atoms with E-state index in [-0.39, 0.29) is 11.3 Å². The third kappa shape index (κ3) is 2.91. The second-order valence-electron chi connectivity index (χ2n) is 3.20. The Bertz CT molecular complexity index is 194. The van der Waals surface area contributed by atoms with Crippen molar-refractivity contribution < 1.29 is 9.90 Å². The monoisotopic (exact) mass is 158 g/mol. The molecule has 0 spiro atoms. The number of hydrogen-bond donors (Lipinski definition) is 3. The summed E-state index contributed by atoms with van der Waals surface area (Å²) in [6, 6.07) is 0. The van der Waals surface area contributed by atoms with Crippen LogP contribution in [0.2, 0.25) is 0 Å². The molecule has 0 aromatic heterocycles. The average Bonchev–Trinajstić information content (AvgIpc) is 2.42. The summed E-state index contributed by atoms with van der Waals surface area (Å²) >= 11 is 0. The van der Waals surface area contributed by atoms with Gasteiger partial charge in [0.05, 0.1) is 5.92 Å². The van der Waals surface area contributed by atoms with Crippen molar-refractivity contribution in [2.75, 3.05) is 0 Å². The van der Waals surface area contributed by atoms with E-state index in [0.29, 0.717) is 0 Å². The van der Waals surface area contributed by atoms with Crippen LogP contribution in [0.1, 0.15) is 20.3 Å². The van der Waals surface area contributed by atoms with E-state index in [9.17, 15) is 4.79 Å². The number of nitrogens with one attached hydrogen (secondary N) is 2. The van der Waals surface area contributed by atoms with Crippen molar-refractivity contribution in [1.29, 1.82) is 11.1 Å². The first kappa shape index (κ1) is 9.78. The summed E-state index contributed by atoms with van der Waals surface area (Å²) in [4.78, 5) is 12.2. The standard InChI is InChI=1S/C6H10O2.H2N3/c1-6(2)3-4(6)5(7)8;1-3-2/h4H,3H2,1-2H3,(H,7,8);1-2H/q;+1. The second-order valence-corrected chi connectivity index (χ2v) is 3.20. The first-order chi connectivity index (χ1) is 4.95. The lowest BCUT2D eigenvalue weighted by Gasteiger charge is -1.94. The highest BCUT2D eigenvalue weighted by Gasteiger charge is 2.50. The van der Waals surface area contributed by atoms with Gasteiger partial charge in [-0.2, -0.15) is 0 Å². The van der Waals surface area contributed by atoms with Crippen molar-refractivity contribution >= 4 is 5.97 Å². The Morgan fingerprint density at radius 2 is 1.91 bits per heavy atom. The summed E-state index contributed by atoms with van der Waals surface area (Å²) in [5.41, 5.74) is 11.1. The van der Waals surface area contributed by atoms with Crippen LogP contribution < -0.4 is 4.91 Å². The van der Waals surface area contributed by atoms with E-state index in [2.05, 4.69) is 0 Å². The fourth-order valence-electron chi connectivity index (χ4n) is 0.889. The lowest BCUT2D eigenvalue weighted by Crippen LogP contribution is -2.02. The molecule has 1 unspecified atom stereocenters. The predicted octanol–water partition coefficient (Wildman–Crippen LogP) is 1.23. The molecule has 5 heteroatoms. The Balaban J connectivity index is 0.000000292. The number of aliphatic carboxylic acids is 1. The first-order valence-electron chi connectivity index (χ1n) is 3.21. The third-order valence-electron chi connectivity index (χ3n) is 1.81. The molecule has 1 aliphatic carbocycles. The van der Waals surface area contributed by atoms with Gasteiger partial charge in [-0.05, 0) is 11.8 Å². The average molecular weight is 158 g/mol. The molecule has 1 atom stereocenters. The van der Waals surface area contributed by atoms with Gasteiger partial charge in [0.1, 0.15) is 11.1 Å². The van der Waals surface area contributed by atoms with Gasteiger partial charge in [0.15, 0.2) is 0 Å². The van der Waals surface area contributed by atoms with Crippen molar-refractivity contribution in [1.82, 2.24) is 4.91 Å². The van der Waals surface area contributed by atoms with E-state index in [1.165, 1.54) is 0 Å². The number of hydrogen-bond acceptors (Lipinski definition) is 3. The van der Waals surface area contributed by atoms with Crippen LogP contribution in [0.25, 0.3) is 0 Å². The minimum atomic E-state index is -0.644. The van der Waals surface area contributed by atoms with Crippen molar-refractivity contribution in [3.8, 4) is 0 Å². The highest BCUT2D eigenvalue weighted by atomic mass is 16.4. The summed E-state index contributed by atoms with van der Waals surface area (Å²) in [6.07, 6.45) is 0.850. The minimum absolute atomic E-state index is 0.0671. The van der Waals surface area contributed by atoms with Crippen molar-refractivity contribution in [2.24, 2.45) is 11.3 Å². The largest absolute Gasteiger partial charge is 0.481 e. The Labute approximate surface area is 64.4 Å². The lowest BCUT2D eigenvalue weighted by molar-refractivity contribution is -0.139. The third-order valence-corrected chi connectivity index (χ3v) is 1.81. The zero-order valence-electron chi connectivity index (χ0n) is 6.59. The van der Waals surface area contributed by atoms with Crippen LogP contribution in [0, 0.1) is 22.4 Å². The highest BCUT2D eigenvalue weighted by molar-refractivity contribution is 5.74. The van der Waals surface area contributed by atoms with Crippen LogP contribution in [0.5, 0.6) is 0 Å². The van der Waals surface area contributed by atoms with Gasteiger partial charge in [-0.15, -0.1) is 0 Å². The lowest BCUT2D eigenvalue weighted by atomic mass is 10.1. The summed E-state index contributed by atoms with van der Waals surface area (Å²) in [5.74, 6) is -0.711. The fourth-order valence-corrected chi connectivity index (χ4v) is 0.889. The van der Waals surface area contributed by atoms with Crippen LogP contribution in [0.3, 0.4) is 0 Å². The maximum Gasteiger partial charge on any atom is 0.307 e. The molecule has 0 aromatic rings. The number of carbonyl (C=O) groups is 1. The highest BCUT2D eigenvalue weighted by Crippen LogP contribution is 2.51. The smallest absolute Gasteiger partial charge is 0.307 e. The van der Waals surface area contributed by atoms with Gasteiger partial charge in [0.25, 0.3) is 0 Å². The molecule has 3 N–H and O–H groups in total. The number of rotatable bonds is 1. The van der Waals surface area contributed by atoms with Crippen LogP contribution in [-0.2, 0) is 4.79 Å². The quantitative estimate of drug-likeness (QED) is 0.395. The van der Waals surface area contributed by atoms with Crippen LogP contribution in [0.15, 0.2) is 0 Å². The summed E-state index contributed by atoms with van der Waals surface area (Å²) in [6.45, 7) is 3.96. The Kier molecular flexibility index (Phi) is 2.89. The molecule has 0 saturated heterocycles. The normalized spacial score (nSPS) is 24.0. The molecule has 1 rings (SSSR count). The topological polar surface area (TPSA) is 99.1 Å². The number of nitrogens with zero attached hydrogens (tertiary/aromatic N) is 1. The van der Waals surface area contributed by atoms with Gasteiger partial charge in [-0.1, -0.05) is 13.8 Å². The zero-order valence-corrected chi connectivity index (χ0v) is 6.59. The van der Waals surface area contributed by atoms with Crippen molar-refractivity contribution in [3.05, 3.63) is 0 Å². The van der Waals surface area contributed by atoms with E-state index in [1.54, 1.807) is 0 Å². The van der Waals surface area contributed by atoms with Gasteiger partial charge in [0, 0.05) is 0 Å². The summed E-state index contributed by atoms with van der Waals surface area (Å²) < 4.78 is 0. The van der Waals surface area contributed by atoms with Gasteiger partial charge < -0.3 is 5.11 Å². The van der Waals surface area contributed by atoms with E-state index in [1.807, 2.05) is 18.8 Å². The van der Waals surface area contributed by atoms with E-state index >= 15 is 0 Å². The molecular formula is C6H12N3O2+. The molecule has 0 bridgehead atoms. The maximum absolute atomic E-state index is 10.2. The van der Waals surface area contributed by atoms with Crippen LogP contribution in [-0.4, -0.2) is 11.1 Å².